The molecule has 1 saturated heterocycles. The number of rotatable bonds is 4. The first-order valence-corrected chi connectivity index (χ1v) is 8.87. The number of hydrogen-bond acceptors (Lipinski definition) is 4. The third-order valence-corrected chi connectivity index (χ3v) is 5.27. The van der Waals surface area contributed by atoms with Crippen LogP contribution in [0.5, 0.6) is 5.75 Å². The van der Waals surface area contributed by atoms with Crippen molar-refractivity contribution in [1.29, 1.82) is 0 Å². The van der Waals surface area contributed by atoms with Gasteiger partial charge in [-0.15, -0.1) is 0 Å². The van der Waals surface area contributed by atoms with Gasteiger partial charge in [-0.3, -0.25) is 4.90 Å². The third-order valence-electron chi connectivity index (χ3n) is 3.82. The van der Waals surface area contributed by atoms with Gasteiger partial charge in [-0.05, 0) is 70.8 Å². The van der Waals surface area contributed by atoms with Gasteiger partial charge in [0.1, 0.15) is 5.75 Å². The molecular weight excluding hydrogens is 482 g/mol. The number of aliphatic hydroxyl groups is 1. The molecule has 0 spiro atoms. The van der Waals surface area contributed by atoms with Crippen molar-refractivity contribution < 1.29 is 10.2 Å². The first-order valence-electron chi connectivity index (χ1n) is 6.71. The van der Waals surface area contributed by atoms with E-state index < -0.39 is 0 Å². The molecule has 1 heterocycles. The van der Waals surface area contributed by atoms with Gasteiger partial charge in [0, 0.05) is 48.0 Å². The fraction of sp³-hybridized carbons (Fsp3) is 0.571. The molecule has 0 saturated carbocycles. The first kappa shape index (κ1) is 16.7. The summed E-state index contributed by atoms with van der Waals surface area (Å²) in [6, 6.07) is 4.44. The molecule has 1 aromatic rings. The number of piperazine rings is 1. The summed E-state index contributed by atoms with van der Waals surface area (Å²) in [7, 11) is 2.11. The van der Waals surface area contributed by atoms with Crippen LogP contribution in [-0.2, 0) is 6.54 Å². The van der Waals surface area contributed by atoms with E-state index in [9.17, 15) is 5.11 Å². The lowest BCUT2D eigenvalue weighted by molar-refractivity contribution is 0.0738. The summed E-state index contributed by atoms with van der Waals surface area (Å²) in [6.45, 7) is 3.95. The standard InChI is InChI=1S/C14H20I2N2O2/c1-17-3-4-18(9-12(17)2-5-19)8-10-6-11(15)7-13(16)14(10)20/h6-7,12,19-20H,2-5,8-9H2,1H3. The highest BCUT2D eigenvalue weighted by Crippen LogP contribution is 2.28. The van der Waals surface area contributed by atoms with Gasteiger partial charge in [0.25, 0.3) is 0 Å². The Kier molecular flexibility index (Phi) is 6.33. The quantitative estimate of drug-likeness (QED) is 0.620. The molecule has 0 bridgehead atoms. The predicted octanol–water partition coefficient (Wildman–Crippen LogP) is 2.10. The van der Waals surface area contributed by atoms with Crippen LogP contribution in [0.25, 0.3) is 0 Å². The van der Waals surface area contributed by atoms with Crippen molar-refractivity contribution in [2.24, 2.45) is 0 Å². The number of halogens is 2. The molecule has 2 N–H and O–H groups in total. The molecule has 1 aromatic carbocycles. The van der Waals surface area contributed by atoms with Crippen LogP contribution in [0.1, 0.15) is 12.0 Å². The number of benzene rings is 1. The SMILES string of the molecule is CN1CCN(Cc2cc(I)cc(I)c2O)CC1CCO. The number of phenols is 1. The minimum Gasteiger partial charge on any atom is -0.507 e. The second-order valence-electron chi connectivity index (χ2n) is 5.28. The molecular formula is C14H20I2N2O2. The number of aliphatic hydroxyl groups excluding tert-OH is 1. The molecule has 1 atom stereocenters. The molecule has 6 heteroatoms. The first-order chi connectivity index (χ1) is 9.51. The minimum absolute atomic E-state index is 0.231. The summed E-state index contributed by atoms with van der Waals surface area (Å²) in [5.41, 5.74) is 0.994. The summed E-state index contributed by atoms with van der Waals surface area (Å²) in [5, 5.41) is 19.3. The highest BCUT2D eigenvalue weighted by atomic mass is 127. The van der Waals surface area contributed by atoms with E-state index in [0.717, 1.165) is 45.3 Å². The van der Waals surface area contributed by atoms with Gasteiger partial charge in [0.15, 0.2) is 0 Å². The Morgan fingerprint density at radius 1 is 1.30 bits per heavy atom. The van der Waals surface area contributed by atoms with Crippen molar-refractivity contribution in [3.63, 3.8) is 0 Å². The Morgan fingerprint density at radius 2 is 2.05 bits per heavy atom. The Balaban J connectivity index is 2.07. The van der Waals surface area contributed by atoms with Crippen LogP contribution in [-0.4, -0.2) is 59.3 Å². The van der Waals surface area contributed by atoms with Crippen molar-refractivity contribution >= 4 is 45.2 Å². The number of hydrogen-bond donors (Lipinski definition) is 2. The fourth-order valence-corrected chi connectivity index (χ4v) is 4.56. The molecule has 0 aromatic heterocycles. The molecule has 1 aliphatic heterocycles. The second-order valence-corrected chi connectivity index (χ2v) is 7.68. The Hall–Kier alpha value is 0.360. The highest BCUT2D eigenvalue weighted by Gasteiger charge is 2.24. The average Bonchev–Trinajstić information content (AvgIpc) is 2.39. The van der Waals surface area contributed by atoms with Gasteiger partial charge < -0.3 is 15.1 Å². The van der Waals surface area contributed by atoms with Crippen LogP contribution < -0.4 is 0 Å². The average molecular weight is 502 g/mol. The molecule has 1 fully saturated rings. The van der Waals surface area contributed by atoms with Gasteiger partial charge in [-0.2, -0.15) is 0 Å². The van der Waals surface area contributed by atoms with E-state index in [0.29, 0.717) is 11.8 Å². The lowest BCUT2D eigenvalue weighted by Gasteiger charge is -2.39. The van der Waals surface area contributed by atoms with Crippen molar-refractivity contribution in [2.75, 3.05) is 33.3 Å². The maximum Gasteiger partial charge on any atom is 0.133 e. The van der Waals surface area contributed by atoms with Gasteiger partial charge in [-0.1, -0.05) is 0 Å². The molecule has 0 amide bonds. The van der Waals surface area contributed by atoms with Gasteiger partial charge >= 0.3 is 0 Å². The smallest absolute Gasteiger partial charge is 0.133 e. The molecule has 0 radical (unpaired) electrons. The largest absolute Gasteiger partial charge is 0.507 e. The third kappa shape index (κ3) is 4.19. The summed E-state index contributed by atoms with van der Waals surface area (Å²) >= 11 is 4.46. The van der Waals surface area contributed by atoms with Crippen LogP contribution in [0.15, 0.2) is 12.1 Å². The zero-order valence-corrected chi connectivity index (χ0v) is 15.8. The zero-order valence-electron chi connectivity index (χ0n) is 11.5. The molecule has 112 valence electrons. The molecule has 1 unspecified atom stereocenters. The maximum atomic E-state index is 10.2. The van der Waals surface area contributed by atoms with Crippen LogP contribution in [0.4, 0.5) is 0 Å². The Morgan fingerprint density at radius 3 is 2.75 bits per heavy atom. The minimum atomic E-state index is 0.231. The number of phenolic OH excluding ortho intramolecular Hbond substituents is 1. The van der Waals surface area contributed by atoms with E-state index in [1.165, 1.54) is 0 Å². The normalized spacial score (nSPS) is 21.3. The molecule has 2 rings (SSSR count). The number of likely N-dealkylation sites (N-methyl/N-ethyl adjacent to an activating group) is 1. The van der Waals surface area contributed by atoms with E-state index in [1.807, 2.05) is 6.07 Å². The molecule has 0 aliphatic carbocycles. The van der Waals surface area contributed by atoms with Crippen LogP contribution in [0.2, 0.25) is 0 Å². The van der Waals surface area contributed by atoms with E-state index in [-0.39, 0.29) is 6.61 Å². The number of aromatic hydroxyl groups is 1. The van der Waals surface area contributed by atoms with Crippen molar-refractivity contribution in [1.82, 2.24) is 9.80 Å². The monoisotopic (exact) mass is 502 g/mol. The Bertz CT molecular complexity index is 471. The highest BCUT2D eigenvalue weighted by molar-refractivity contribution is 14.1. The van der Waals surface area contributed by atoms with Crippen LogP contribution in [0.3, 0.4) is 0 Å². The maximum absolute atomic E-state index is 10.2. The fourth-order valence-electron chi connectivity index (χ4n) is 2.60. The van der Waals surface area contributed by atoms with E-state index in [1.54, 1.807) is 0 Å². The predicted molar refractivity (Wildman–Crippen MR) is 96.9 cm³/mol. The topological polar surface area (TPSA) is 46.9 Å². The van der Waals surface area contributed by atoms with E-state index >= 15 is 0 Å². The van der Waals surface area contributed by atoms with Crippen molar-refractivity contribution in [2.45, 2.75) is 19.0 Å². The van der Waals surface area contributed by atoms with Gasteiger partial charge in [0.05, 0.1) is 3.57 Å². The molecule has 20 heavy (non-hydrogen) atoms. The van der Waals surface area contributed by atoms with Crippen molar-refractivity contribution in [3.8, 4) is 5.75 Å². The molecule has 4 nitrogen and oxygen atoms in total. The summed E-state index contributed by atoms with van der Waals surface area (Å²) in [5.74, 6) is 0.406. The van der Waals surface area contributed by atoms with E-state index in [4.69, 9.17) is 5.11 Å². The van der Waals surface area contributed by atoms with Gasteiger partial charge in [-0.25, -0.2) is 0 Å². The van der Waals surface area contributed by atoms with Crippen LogP contribution in [0, 0.1) is 7.14 Å². The van der Waals surface area contributed by atoms with Crippen LogP contribution >= 0.6 is 45.2 Å². The lowest BCUT2D eigenvalue weighted by atomic mass is 10.1. The van der Waals surface area contributed by atoms with Crippen molar-refractivity contribution in [3.05, 3.63) is 24.8 Å². The lowest BCUT2D eigenvalue weighted by Crippen LogP contribution is -2.51. The zero-order chi connectivity index (χ0) is 14.7. The number of nitrogens with zero attached hydrogens (tertiary/aromatic N) is 2. The summed E-state index contributed by atoms with van der Waals surface area (Å²) in [6.07, 6.45) is 0.808. The van der Waals surface area contributed by atoms with Gasteiger partial charge in [0.2, 0.25) is 0 Å². The summed E-state index contributed by atoms with van der Waals surface area (Å²) in [4.78, 5) is 4.67. The summed E-state index contributed by atoms with van der Waals surface area (Å²) < 4.78 is 2.06. The second kappa shape index (κ2) is 7.57. The Labute approximate surface area is 147 Å². The van der Waals surface area contributed by atoms with E-state index in [2.05, 4.69) is 68.1 Å². The molecule has 1 aliphatic rings.